The summed E-state index contributed by atoms with van der Waals surface area (Å²) < 4.78 is 10.6. The number of hydrogen-bond donors (Lipinski definition) is 2. The number of carbonyl (C=O) groups is 1. The van der Waals surface area contributed by atoms with E-state index in [1.165, 1.54) is 6.20 Å². The Morgan fingerprint density at radius 3 is 2.69 bits per heavy atom. The fourth-order valence-electron chi connectivity index (χ4n) is 2.78. The fraction of sp³-hybridized carbons (Fsp3) is 0.263. The zero-order valence-corrected chi connectivity index (χ0v) is 14.8. The van der Waals surface area contributed by atoms with Gasteiger partial charge in [0, 0.05) is 23.6 Å². The molecule has 0 spiro atoms. The molecule has 2 aromatic rings. The van der Waals surface area contributed by atoms with Crippen LogP contribution in [0.3, 0.4) is 0 Å². The second kappa shape index (κ2) is 7.88. The number of methoxy groups -OCH3 is 2. The van der Waals surface area contributed by atoms with Gasteiger partial charge in [-0.25, -0.2) is 10.3 Å². The number of anilines is 2. The second-order valence-corrected chi connectivity index (χ2v) is 5.76. The highest BCUT2D eigenvalue weighted by molar-refractivity contribution is 6.05. The molecule has 3 N–H and O–H groups in total. The van der Waals surface area contributed by atoms with Gasteiger partial charge in [-0.05, 0) is 49.2 Å². The number of hydrogen-bond acceptors (Lipinski definition) is 6. The van der Waals surface area contributed by atoms with E-state index in [-0.39, 0.29) is 5.91 Å². The molecule has 26 heavy (non-hydrogen) atoms. The van der Waals surface area contributed by atoms with Gasteiger partial charge in [0.15, 0.2) is 11.5 Å². The van der Waals surface area contributed by atoms with Crippen molar-refractivity contribution in [3.8, 4) is 11.5 Å². The molecule has 7 nitrogen and oxygen atoms in total. The number of rotatable bonds is 7. The van der Waals surface area contributed by atoms with Gasteiger partial charge in [-0.1, -0.05) is 0 Å². The highest BCUT2D eigenvalue weighted by atomic mass is 16.5. The average molecular weight is 353 g/mol. The first-order valence-electron chi connectivity index (χ1n) is 8.31. The molecule has 0 atom stereocenters. The van der Waals surface area contributed by atoms with Crippen LogP contribution in [0.2, 0.25) is 0 Å². The predicted octanol–water partition coefficient (Wildman–Crippen LogP) is 2.46. The first-order chi connectivity index (χ1) is 12.7. The molecule has 1 amide bonds. The molecule has 0 unspecified atom stereocenters. The molecule has 1 radical (unpaired) electrons. The lowest BCUT2D eigenvalue weighted by Gasteiger charge is -2.17. The van der Waals surface area contributed by atoms with Crippen molar-refractivity contribution in [2.45, 2.75) is 12.8 Å². The Hall–Kier alpha value is -3.06. The molecule has 1 aliphatic rings. The van der Waals surface area contributed by atoms with E-state index in [9.17, 15) is 4.79 Å². The molecule has 135 valence electrons. The number of aromatic nitrogens is 1. The number of ether oxygens (including phenoxy) is 2. The van der Waals surface area contributed by atoms with Gasteiger partial charge in [0.05, 0.1) is 19.8 Å². The predicted molar refractivity (Wildman–Crippen MR) is 99.9 cm³/mol. The first kappa shape index (κ1) is 17.8. The summed E-state index contributed by atoms with van der Waals surface area (Å²) in [6, 6.07) is 7.33. The van der Waals surface area contributed by atoms with E-state index in [1.54, 1.807) is 26.4 Å². The monoisotopic (exact) mass is 353 g/mol. The Morgan fingerprint density at radius 1 is 1.15 bits per heavy atom. The molecule has 7 heteroatoms. The summed E-state index contributed by atoms with van der Waals surface area (Å²) in [5, 5.41) is 7.07. The van der Waals surface area contributed by atoms with Crippen molar-refractivity contribution >= 4 is 23.5 Å². The van der Waals surface area contributed by atoms with Gasteiger partial charge < -0.3 is 20.5 Å². The smallest absolute Gasteiger partial charge is 0.281 e. The van der Waals surface area contributed by atoms with E-state index in [4.69, 9.17) is 15.2 Å². The summed E-state index contributed by atoms with van der Waals surface area (Å²) in [5.41, 5.74) is 8.47. The Kier molecular flexibility index (Phi) is 5.38. The standard InChI is InChI=1S/C19H21N4O3/c1-25-15-6-5-14(11-16(15)26-2)23-18-17-12(7-9-21-19(17)24)10-13(22-18)4-3-8-20/h5-7,9-11H,3-4,8,20H2,1-2H3,(H,22,23). The van der Waals surface area contributed by atoms with Crippen LogP contribution in [0.1, 0.15) is 28.0 Å². The Bertz CT molecular complexity index is 849. The van der Waals surface area contributed by atoms with Gasteiger partial charge in [0.1, 0.15) is 5.82 Å². The Labute approximate surface area is 152 Å². The molecule has 1 aromatic heterocycles. The zero-order chi connectivity index (χ0) is 18.5. The molecular weight excluding hydrogens is 332 g/mol. The highest BCUT2D eigenvalue weighted by Gasteiger charge is 2.22. The quantitative estimate of drug-likeness (QED) is 0.793. The summed E-state index contributed by atoms with van der Waals surface area (Å²) >= 11 is 0. The van der Waals surface area contributed by atoms with Crippen LogP contribution < -0.4 is 25.8 Å². The molecule has 2 heterocycles. The topological polar surface area (TPSA) is 101 Å². The molecule has 0 bridgehead atoms. The third kappa shape index (κ3) is 3.62. The van der Waals surface area contributed by atoms with E-state index < -0.39 is 0 Å². The SMILES string of the molecule is COc1ccc(Nc2nc(CCCN)cc3c2C(=O)[N]C=C3)cc1OC. The van der Waals surface area contributed by atoms with E-state index in [0.29, 0.717) is 29.4 Å². The van der Waals surface area contributed by atoms with E-state index in [0.717, 1.165) is 29.8 Å². The fourth-order valence-corrected chi connectivity index (χ4v) is 2.78. The van der Waals surface area contributed by atoms with Crippen molar-refractivity contribution in [2.75, 3.05) is 26.1 Å². The maximum absolute atomic E-state index is 12.3. The van der Waals surface area contributed by atoms with Crippen LogP contribution in [0.5, 0.6) is 11.5 Å². The van der Waals surface area contributed by atoms with Crippen molar-refractivity contribution < 1.29 is 14.3 Å². The van der Waals surface area contributed by atoms with Gasteiger partial charge in [-0.3, -0.25) is 4.79 Å². The van der Waals surface area contributed by atoms with Crippen molar-refractivity contribution in [1.82, 2.24) is 10.3 Å². The Morgan fingerprint density at radius 2 is 1.96 bits per heavy atom. The van der Waals surface area contributed by atoms with Crippen LogP contribution in [0.25, 0.3) is 6.08 Å². The van der Waals surface area contributed by atoms with Crippen molar-refractivity contribution in [3.05, 3.63) is 47.3 Å². The van der Waals surface area contributed by atoms with Crippen LogP contribution in [-0.2, 0) is 6.42 Å². The molecule has 0 saturated carbocycles. The van der Waals surface area contributed by atoms with Crippen LogP contribution in [0, 0.1) is 0 Å². The largest absolute Gasteiger partial charge is 0.493 e. The van der Waals surface area contributed by atoms with E-state index in [2.05, 4.69) is 15.6 Å². The number of nitrogens with two attached hydrogens (primary N) is 1. The van der Waals surface area contributed by atoms with E-state index in [1.807, 2.05) is 18.2 Å². The summed E-state index contributed by atoms with van der Waals surface area (Å²) in [5.74, 6) is 1.36. The highest BCUT2D eigenvalue weighted by Crippen LogP contribution is 2.32. The average Bonchev–Trinajstić information content (AvgIpc) is 2.66. The molecule has 0 saturated heterocycles. The second-order valence-electron chi connectivity index (χ2n) is 5.76. The van der Waals surface area contributed by atoms with Gasteiger partial charge in [0.25, 0.3) is 5.91 Å². The van der Waals surface area contributed by atoms with Crippen LogP contribution >= 0.6 is 0 Å². The molecule has 0 aliphatic carbocycles. The van der Waals surface area contributed by atoms with Gasteiger partial charge in [-0.15, -0.1) is 0 Å². The number of amides is 1. The van der Waals surface area contributed by atoms with Crippen LogP contribution in [0.15, 0.2) is 30.5 Å². The maximum Gasteiger partial charge on any atom is 0.281 e. The lowest BCUT2D eigenvalue weighted by atomic mass is 10.0. The van der Waals surface area contributed by atoms with Crippen LogP contribution in [0.4, 0.5) is 11.5 Å². The molecule has 0 fully saturated rings. The lowest BCUT2D eigenvalue weighted by Crippen LogP contribution is -2.19. The van der Waals surface area contributed by atoms with E-state index >= 15 is 0 Å². The minimum Gasteiger partial charge on any atom is -0.493 e. The summed E-state index contributed by atoms with van der Waals surface area (Å²) in [4.78, 5) is 16.9. The number of benzene rings is 1. The number of nitrogens with one attached hydrogen (secondary N) is 1. The Balaban J connectivity index is 2.00. The normalized spacial score (nSPS) is 12.3. The first-order valence-corrected chi connectivity index (χ1v) is 8.31. The maximum atomic E-state index is 12.3. The van der Waals surface area contributed by atoms with Crippen molar-refractivity contribution in [2.24, 2.45) is 5.73 Å². The number of carbonyl (C=O) groups excluding carboxylic acids is 1. The summed E-state index contributed by atoms with van der Waals surface area (Å²) in [6.45, 7) is 0.585. The molecular formula is C19H21N4O3. The number of pyridine rings is 1. The third-order valence-electron chi connectivity index (χ3n) is 4.05. The minimum absolute atomic E-state index is 0.316. The molecule has 3 rings (SSSR count). The van der Waals surface area contributed by atoms with Gasteiger partial charge in [0.2, 0.25) is 0 Å². The summed E-state index contributed by atoms with van der Waals surface area (Å²) in [7, 11) is 3.15. The zero-order valence-electron chi connectivity index (χ0n) is 14.8. The summed E-state index contributed by atoms with van der Waals surface area (Å²) in [6.07, 6.45) is 4.88. The number of nitrogens with zero attached hydrogens (tertiary/aromatic N) is 2. The molecule has 1 aromatic carbocycles. The third-order valence-corrected chi connectivity index (χ3v) is 4.05. The number of fused-ring (bicyclic) bond motifs is 1. The van der Waals surface area contributed by atoms with Crippen LogP contribution in [-0.4, -0.2) is 31.7 Å². The minimum atomic E-state index is -0.316. The van der Waals surface area contributed by atoms with Gasteiger partial charge in [-0.2, -0.15) is 0 Å². The number of aryl methyl sites for hydroxylation is 1. The van der Waals surface area contributed by atoms with Crippen molar-refractivity contribution in [1.29, 1.82) is 0 Å². The lowest BCUT2D eigenvalue weighted by molar-refractivity contribution is 0.0965. The van der Waals surface area contributed by atoms with Gasteiger partial charge >= 0.3 is 0 Å². The molecule has 1 aliphatic heterocycles. The van der Waals surface area contributed by atoms with Crippen molar-refractivity contribution in [3.63, 3.8) is 0 Å².